The maximum atomic E-state index is 13.1. The van der Waals surface area contributed by atoms with Crippen molar-refractivity contribution in [1.29, 1.82) is 0 Å². The molecule has 0 fully saturated rings. The molecule has 0 unspecified atom stereocenters. The molecule has 10 nitrogen and oxygen atoms in total. The topological polar surface area (TPSA) is 154 Å². The molecule has 0 aliphatic rings. The number of sulfone groups is 1. The Bertz CT molecular complexity index is 1260. The van der Waals surface area contributed by atoms with Crippen LogP contribution in [0.2, 0.25) is 0 Å². The third-order valence-electron chi connectivity index (χ3n) is 5.14. The monoisotopic (exact) mass is 694 g/mol. The highest BCUT2D eigenvalue weighted by Crippen LogP contribution is 2.22. The number of rotatable bonds is 19. The van der Waals surface area contributed by atoms with Gasteiger partial charge in [0.15, 0.2) is 0 Å². The van der Waals surface area contributed by atoms with E-state index < -0.39 is 15.9 Å². The van der Waals surface area contributed by atoms with Gasteiger partial charge in [-0.05, 0) is 64.9 Å². The van der Waals surface area contributed by atoms with Crippen molar-refractivity contribution < 1.29 is 27.9 Å². The molecule has 0 saturated carbocycles. The van der Waals surface area contributed by atoms with Crippen molar-refractivity contribution in [3.05, 3.63) is 59.7 Å². The van der Waals surface area contributed by atoms with Crippen LogP contribution in [0.5, 0.6) is 0 Å². The summed E-state index contributed by atoms with van der Waals surface area (Å²) in [5.41, 5.74) is 0.617. The van der Waals surface area contributed by atoms with E-state index in [-0.39, 0.29) is 39.4 Å². The first-order chi connectivity index (χ1) is 19.6. The first-order valence-corrected chi connectivity index (χ1v) is 18.3. The molecule has 41 heavy (non-hydrogen) atoms. The van der Waals surface area contributed by atoms with Gasteiger partial charge in [-0.25, -0.2) is 13.1 Å². The Morgan fingerprint density at radius 2 is 1.41 bits per heavy atom. The zero-order valence-corrected chi connectivity index (χ0v) is 27.4. The second-order valence-corrected chi connectivity index (χ2v) is 14.3. The highest BCUT2D eigenvalue weighted by atomic mass is 33.1. The molecule has 0 saturated heterocycles. The van der Waals surface area contributed by atoms with E-state index in [4.69, 9.17) is 17.3 Å². The maximum Gasteiger partial charge on any atom is 0.251 e. The maximum absolute atomic E-state index is 13.1. The fourth-order valence-corrected chi connectivity index (χ4v) is 7.56. The molecule has 0 aromatic heterocycles. The lowest BCUT2D eigenvalue weighted by atomic mass is 10.2. The SMILES string of the molecule is O=C(NCCSN[C@@H](CS)C(=O)S)c1ccc(S(=O)(=O)c2ccc(C(=O)NCCSSN[C@@H](C=S)CO)cc2)cc1. The van der Waals surface area contributed by atoms with Gasteiger partial charge in [0, 0.05) is 41.5 Å². The van der Waals surface area contributed by atoms with Crippen molar-refractivity contribution in [1.82, 2.24) is 20.1 Å². The molecule has 2 aromatic rings. The van der Waals surface area contributed by atoms with E-state index in [1.807, 2.05) is 0 Å². The summed E-state index contributed by atoms with van der Waals surface area (Å²) in [5.74, 6) is 0.704. The van der Waals surface area contributed by atoms with E-state index in [1.54, 1.807) is 0 Å². The van der Waals surface area contributed by atoms with Gasteiger partial charge in [0.2, 0.25) is 15.0 Å². The molecule has 0 heterocycles. The Hall–Kier alpha value is -1.28. The quantitative estimate of drug-likeness (QED) is 0.0380. The predicted molar refractivity (Wildman–Crippen MR) is 178 cm³/mol. The number of nitrogens with one attached hydrogen (secondary N) is 4. The minimum atomic E-state index is -3.86. The average Bonchev–Trinajstić information content (AvgIpc) is 2.98. The summed E-state index contributed by atoms with van der Waals surface area (Å²) in [4.78, 5) is 36.1. The van der Waals surface area contributed by atoms with Crippen LogP contribution in [-0.4, -0.2) is 84.9 Å². The van der Waals surface area contributed by atoms with Crippen molar-refractivity contribution in [2.45, 2.75) is 21.9 Å². The predicted octanol–water partition coefficient (Wildman–Crippen LogP) is 2.22. The second-order valence-electron chi connectivity index (χ2n) is 8.05. The largest absolute Gasteiger partial charge is 0.394 e. The highest BCUT2D eigenvalue weighted by Gasteiger charge is 2.19. The molecule has 0 radical (unpaired) electrons. The van der Waals surface area contributed by atoms with Crippen LogP contribution in [0.25, 0.3) is 0 Å². The van der Waals surface area contributed by atoms with Gasteiger partial charge in [0.25, 0.3) is 11.8 Å². The van der Waals surface area contributed by atoms with E-state index in [0.29, 0.717) is 41.5 Å². The third-order valence-corrected chi connectivity index (χ3v) is 10.8. The summed E-state index contributed by atoms with van der Waals surface area (Å²) in [6.45, 7) is 0.620. The van der Waals surface area contributed by atoms with E-state index in [2.05, 4.69) is 45.3 Å². The fraction of sp³-hybridized carbons (Fsp3) is 0.333. The number of carbonyl (C=O) groups is 3. The molecule has 2 atom stereocenters. The zero-order chi connectivity index (χ0) is 30.3. The van der Waals surface area contributed by atoms with Crippen LogP contribution in [0.3, 0.4) is 0 Å². The first kappa shape index (κ1) is 35.9. The number of thiol groups is 2. The number of aliphatic hydroxyl groups excluding tert-OH is 1. The molecule has 5 N–H and O–H groups in total. The van der Waals surface area contributed by atoms with Crippen LogP contribution in [0, 0.1) is 0 Å². The average molecular weight is 695 g/mol. The lowest BCUT2D eigenvalue weighted by Gasteiger charge is -2.12. The van der Waals surface area contributed by atoms with Gasteiger partial charge in [-0.1, -0.05) is 35.0 Å². The molecule has 0 aliphatic heterocycles. The molecule has 0 aliphatic carbocycles. The Morgan fingerprint density at radius 1 is 0.902 bits per heavy atom. The molecule has 17 heteroatoms. The Labute approximate surface area is 268 Å². The van der Waals surface area contributed by atoms with Crippen molar-refractivity contribution in [2.24, 2.45) is 0 Å². The van der Waals surface area contributed by atoms with Crippen LogP contribution in [-0.2, 0) is 14.6 Å². The normalized spacial score (nSPS) is 12.8. The number of thiocarbonyl (C=S) groups is 1. The number of carbonyl (C=O) groups excluding carboxylic acids is 3. The Balaban J connectivity index is 1.83. The number of aliphatic hydroxyl groups is 1. The fourth-order valence-electron chi connectivity index (χ4n) is 2.90. The van der Waals surface area contributed by atoms with Gasteiger partial charge >= 0.3 is 0 Å². The van der Waals surface area contributed by atoms with Crippen molar-refractivity contribution in [2.75, 3.05) is 37.0 Å². The summed E-state index contributed by atoms with van der Waals surface area (Å²) >= 11 is 13.9. The minimum absolute atomic E-state index is 0.0143. The summed E-state index contributed by atoms with van der Waals surface area (Å²) in [6, 6.07) is 10.4. The second kappa shape index (κ2) is 19.1. The molecule has 0 spiro atoms. The molecule has 2 rings (SSSR count). The highest BCUT2D eigenvalue weighted by molar-refractivity contribution is 8.76. The lowest BCUT2D eigenvalue weighted by Crippen LogP contribution is -2.33. The Morgan fingerprint density at radius 3 is 1.85 bits per heavy atom. The van der Waals surface area contributed by atoms with E-state index >= 15 is 0 Å². The van der Waals surface area contributed by atoms with Crippen molar-refractivity contribution in [3.8, 4) is 0 Å². The number of hydrogen-bond acceptors (Lipinski definition) is 13. The molecular formula is C24H30N4O6S7. The lowest BCUT2D eigenvalue weighted by molar-refractivity contribution is -0.111. The summed E-state index contributed by atoms with van der Waals surface area (Å²) < 4.78 is 32.0. The van der Waals surface area contributed by atoms with Gasteiger partial charge in [-0.15, -0.1) is 12.6 Å². The molecule has 2 amide bonds. The zero-order valence-electron chi connectivity index (χ0n) is 21.5. The van der Waals surface area contributed by atoms with E-state index in [1.165, 1.54) is 87.6 Å². The smallest absolute Gasteiger partial charge is 0.251 e. The van der Waals surface area contributed by atoms with Crippen molar-refractivity contribution in [3.63, 3.8) is 0 Å². The van der Waals surface area contributed by atoms with Crippen molar-refractivity contribution >= 4 is 103 Å². The molecule has 0 bridgehead atoms. The van der Waals surface area contributed by atoms with Gasteiger partial charge in [-0.2, -0.15) is 12.6 Å². The summed E-state index contributed by atoms with van der Waals surface area (Å²) in [6.07, 6.45) is 0. The standard InChI is InChI=1S/C24H30N4O6S7/c29-13-18(14-35)27-40-39-12-10-26-23(31)17-3-7-20(8-4-17)41(33,34)19-5-1-16(2-6-19)22(30)25-9-11-38-28-21(15-36)24(32)37/h1-8,14,18,21,27-29,36H,9-13,15H2,(H,25,30)(H,26,31)(H,32,37)/t18-,21+/m1/s1. The van der Waals surface area contributed by atoms with Gasteiger partial charge < -0.3 is 15.7 Å². The van der Waals surface area contributed by atoms with Gasteiger partial charge in [0.05, 0.1) is 28.5 Å². The van der Waals surface area contributed by atoms with Crippen LogP contribution in [0.15, 0.2) is 58.3 Å². The number of amides is 2. The molecule has 224 valence electrons. The third kappa shape index (κ3) is 12.1. The Kier molecular flexibility index (Phi) is 16.7. The summed E-state index contributed by atoms with van der Waals surface area (Å²) in [5, 5.41) is 15.7. The van der Waals surface area contributed by atoms with Crippen LogP contribution in [0.4, 0.5) is 0 Å². The van der Waals surface area contributed by atoms with E-state index in [0.717, 1.165) is 0 Å². The van der Waals surface area contributed by atoms with Gasteiger partial charge in [-0.3, -0.25) is 19.1 Å². The minimum Gasteiger partial charge on any atom is -0.394 e. The van der Waals surface area contributed by atoms with Gasteiger partial charge in [0.1, 0.15) is 0 Å². The van der Waals surface area contributed by atoms with E-state index in [9.17, 15) is 22.8 Å². The van der Waals surface area contributed by atoms with Crippen LogP contribution >= 0.6 is 71.2 Å². The first-order valence-electron chi connectivity index (χ1n) is 12.0. The number of hydrogen-bond donors (Lipinski definition) is 7. The van der Waals surface area contributed by atoms with Crippen LogP contribution in [0.1, 0.15) is 20.7 Å². The summed E-state index contributed by atoms with van der Waals surface area (Å²) in [7, 11) is -1.08. The molecule has 2 aromatic carbocycles. The molecular weight excluding hydrogens is 665 g/mol. The van der Waals surface area contributed by atoms with Crippen LogP contribution < -0.4 is 20.1 Å². The number of benzene rings is 2.